The van der Waals surface area contributed by atoms with Crippen LogP contribution in [0.3, 0.4) is 0 Å². The fraction of sp³-hybridized carbons (Fsp3) is 0.385. The van der Waals surface area contributed by atoms with E-state index in [9.17, 15) is 0 Å². The SMILES string of the molecule is CCCP(CCC)C1=Cc2ccccc2[CH]1[Hf+2][CH]1C(P(C)C)=Cc2ccccc21.[Cl-].[Cl-]. The Morgan fingerprint density at radius 3 is 1.65 bits per heavy atom. The van der Waals surface area contributed by atoms with E-state index in [2.05, 4.69) is 87.9 Å². The molecule has 0 radical (unpaired) electrons. The van der Waals surface area contributed by atoms with Crippen molar-refractivity contribution in [1.29, 1.82) is 0 Å². The van der Waals surface area contributed by atoms with Crippen LogP contribution >= 0.6 is 15.8 Å². The van der Waals surface area contributed by atoms with Crippen molar-refractivity contribution in [2.75, 3.05) is 25.7 Å². The fourth-order valence-electron chi connectivity index (χ4n) is 4.70. The number of benzene rings is 2. The largest absolute Gasteiger partial charge is 1.00 e. The van der Waals surface area contributed by atoms with Crippen molar-refractivity contribution in [3.63, 3.8) is 0 Å². The molecule has 2 aromatic rings. The summed E-state index contributed by atoms with van der Waals surface area (Å²) in [5, 5.41) is 3.65. The standard InChI is InChI=1S/C15H20P.C11H12P.2ClH.Hf/c1-3-9-16(10-4-2)15-11-13-7-5-6-8-14(13)12-15;1-12(2)11-7-9-5-3-4-6-10(9)8-11;;;/h5-8,11-12H,3-4,9-10H2,1-2H3;3-8H,1-2H3;2*1H;/q;;;;+2/p-2. The summed E-state index contributed by atoms with van der Waals surface area (Å²) in [6.45, 7) is 9.67. The molecular weight excluding hydrogens is 624 g/mol. The molecule has 0 saturated carbocycles. The van der Waals surface area contributed by atoms with Gasteiger partial charge >= 0.3 is 192 Å². The van der Waals surface area contributed by atoms with Crippen molar-refractivity contribution < 1.29 is 47.7 Å². The second-order valence-corrected chi connectivity index (χ2v) is 18.5. The quantitative estimate of drug-likeness (QED) is 0.303. The van der Waals surface area contributed by atoms with Crippen LogP contribution in [0.1, 0.15) is 56.3 Å². The average Bonchev–Trinajstić information content (AvgIpc) is 3.27. The molecule has 2 aliphatic rings. The van der Waals surface area contributed by atoms with Crippen LogP contribution in [0.2, 0.25) is 0 Å². The first-order valence-electron chi connectivity index (χ1n) is 10.9. The van der Waals surface area contributed by atoms with Gasteiger partial charge in [0, 0.05) is 0 Å². The summed E-state index contributed by atoms with van der Waals surface area (Å²) in [6.07, 6.45) is 10.7. The van der Waals surface area contributed by atoms with E-state index < -0.39 is 22.9 Å². The van der Waals surface area contributed by atoms with E-state index in [4.69, 9.17) is 0 Å². The van der Waals surface area contributed by atoms with Crippen molar-refractivity contribution in [1.82, 2.24) is 0 Å². The van der Waals surface area contributed by atoms with Crippen molar-refractivity contribution in [2.45, 2.75) is 34.0 Å². The van der Waals surface area contributed by atoms with E-state index >= 15 is 0 Å². The van der Waals surface area contributed by atoms with Gasteiger partial charge in [0.1, 0.15) is 0 Å². The second-order valence-electron chi connectivity index (χ2n) is 8.31. The maximum Gasteiger partial charge on any atom is -1.00 e. The molecule has 0 saturated heterocycles. The summed E-state index contributed by atoms with van der Waals surface area (Å²) in [4.78, 5) is 0. The average molecular weight is 656 g/mol. The molecule has 31 heavy (non-hydrogen) atoms. The van der Waals surface area contributed by atoms with Crippen LogP contribution in [-0.2, 0) is 22.9 Å². The first-order valence-corrected chi connectivity index (χ1v) is 19.0. The van der Waals surface area contributed by atoms with E-state index in [1.807, 2.05) is 5.31 Å². The molecule has 0 fully saturated rings. The number of halogens is 2. The molecule has 2 aliphatic carbocycles. The molecule has 164 valence electrons. The van der Waals surface area contributed by atoms with Crippen LogP contribution in [0.15, 0.2) is 59.2 Å². The summed E-state index contributed by atoms with van der Waals surface area (Å²) in [5.74, 6) is 0. The molecular formula is C26H32Cl2HfP2. The van der Waals surface area contributed by atoms with Gasteiger partial charge in [-0.05, 0) is 0 Å². The third kappa shape index (κ3) is 5.84. The summed E-state index contributed by atoms with van der Waals surface area (Å²) in [7, 11) is 0.00859. The van der Waals surface area contributed by atoms with Crippen LogP contribution in [0.25, 0.3) is 12.2 Å². The third-order valence-corrected chi connectivity index (χ3v) is 19.1. The van der Waals surface area contributed by atoms with Crippen molar-refractivity contribution in [3.8, 4) is 0 Å². The molecule has 0 nitrogen and oxygen atoms in total. The monoisotopic (exact) mass is 656 g/mol. The smallest absolute Gasteiger partial charge is 1.00 e. The Hall–Kier alpha value is 0.230. The first-order chi connectivity index (χ1) is 14.1. The number of hydrogen-bond acceptors (Lipinski definition) is 0. The molecule has 0 aliphatic heterocycles. The Bertz CT molecular complexity index is 933. The predicted octanol–water partition coefficient (Wildman–Crippen LogP) is 2.31. The van der Waals surface area contributed by atoms with Gasteiger partial charge in [0.15, 0.2) is 0 Å². The molecule has 0 spiro atoms. The van der Waals surface area contributed by atoms with E-state index in [-0.39, 0.29) is 40.7 Å². The van der Waals surface area contributed by atoms with Gasteiger partial charge < -0.3 is 24.8 Å². The van der Waals surface area contributed by atoms with E-state index in [0.29, 0.717) is 0 Å². The van der Waals surface area contributed by atoms with Crippen molar-refractivity contribution in [3.05, 3.63) is 81.4 Å². The fourth-order valence-corrected chi connectivity index (χ4v) is 20.6. The van der Waals surface area contributed by atoms with Crippen LogP contribution < -0.4 is 24.8 Å². The topological polar surface area (TPSA) is 0 Å². The molecule has 4 rings (SSSR count). The van der Waals surface area contributed by atoms with Crippen LogP contribution in [-0.4, -0.2) is 25.7 Å². The Morgan fingerprint density at radius 2 is 1.16 bits per heavy atom. The minimum atomic E-state index is -1.02. The zero-order chi connectivity index (χ0) is 20.4. The summed E-state index contributed by atoms with van der Waals surface area (Å²) >= 11 is -1.02. The molecule has 2 aromatic carbocycles. The van der Waals surface area contributed by atoms with Crippen molar-refractivity contribution in [2.24, 2.45) is 0 Å². The normalized spacial score (nSPS) is 18.5. The zero-order valence-electron chi connectivity index (χ0n) is 18.9. The van der Waals surface area contributed by atoms with Gasteiger partial charge in [-0.3, -0.25) is 0 Å². The number of fused-ring (bicyclic) bond motifs is 2. The van der Waals surface area contributed by atoms with Gasteiger partial charge in [-0.15, -0.1) is 0 Å². The van der Waals surface area contributed by atoms with E-state index in [0.717, 1.165) is 7.35 Å². The maximum atomic E-state index is 2.63. The molecule has 0 bridgehead atoms. The Kier molecular flexibility index (Phi) is 11.2. The Balaban J connectivity index is 0.00000171. The van der Waals surface area contributed by atoms with Gasteiger partial charge in [-0.25, -0.2) is 0 Å². The van der Waals surface area contributed by atoms with E-state index in [1.165, 1.54) is 36.3 Å². The molecule has 0 amide bonds. The minimum absolute atomic E-state index is 0. The van der Waals surface area contributed by atoms with Crippen molar-refractivity contribution >= 4 is 28.0 Å². The maximum absolute atomic E-state index is 2.63. The Morgan fingerprint density at radius 1 is 0.710 bits per heavy atom. The predicted molar refractivity (Wildman–Crippen MR) is 130 cm³/mol. The number of hydrogen-bond donors (Lipinski definition) is 0. The van der Waals surface area contributed by atoms with Crippen LogP contribution in [0.4, 0.5) is 0 Å². The first kappa shape index (κ1) is 27.5. The summed E-state index contributed by atoms with van der Waals surface area (Å²) < 4.78 is 1.58. The van der Waals surface area contributed by atoms with Gasteiger partial charge in [0.05, 0.1) is 0 Å². The van der Waals surface area contributed by atoms with Crippen LogP contribution in [0.5, 0.6) is 0 Å². The van der Waals surface area contributed by atoms with Gasteiger partial charge in [0.25, 0.3) is 0 Å². The molecule has 2 atom stereocenters. The van der Waals surface area contributed by atoms with Gasteiger partial charge in [0.2, 0.25) is 0 Å². The second kappa shape index (κ2) is 12.6. The van der Waals surface area contributed by atoms with Gasteiger partial charge in [-0.2, -0.15) is 0 Å². The number of allylic oxidation sites excluding steroid dienone is 2. The molecule has 0 N–H and O–H groups in total. The minimum Gasteiger partial charge on any atom is -1.00 e. The molecule has 2 unspecified atom stereocenters. The van der Waals surface area contributed by atoms with Crippen LogP contribution in [0, 0.1) is 0 Å². The zero-order valence-corrected chi connectivity index (χ0v) is 25.8. The van der Waals surface area contributed by atoms with E-state index in [1.54, 1.807) is 16.4 Å². The Labute approximate surface area is 215 Å². The van der Waals surface area contributed by atoms with Gasteiger partial charge in [-0.1, -0.05) is 0 Å². The molecule has 0 aromatic heterocycles. The molecule has 5 heteroatoms. The number of rotatable bonds is 8. The molecule has 0 heterocycles. The summed E-state index contributed by atoms with van der Waals surface area (Å²) in [6, 6.07) is 18.6. The summed E-state index contributed by atoms with van der Waals surface area (Å²) in [5.41, 5.74) is 6.37. The third-order valence-electron chi connectivity index (χ3n) is 6.01.